The van der Waals surface area contributed by atoms with Crippen LogP contribution in [0.1, 0.15) is 252 Å². The summed E-state index contributed by atoms with van der Waals surface area (Å²) < 4.78 is 16.8. The maximum absolute atomic E-state index is 12.8. The molecule has 0 N–H and O–H groups in total. The van der Waals surface area contributed by atoms with Crippen molar-refractivity contribution >= 4 is 118 Å². The fraction of sp³-hybridized carbons (Fsp3) is 0.934. The molecular weight excluding hydrogens is 1180 g/mol. The van der Waals surface area contributed by atoms with Gasteiger partial charge in [-0.1, -0.05) is 259 Å². The van der Waals surface area contributed by atoms with Gasteiger partial charge in [-0.15, -0.1) is 0 Å². The predicted octanol–water partition coefficient (Wildman–Crippen LogP) is 19.5. The largest absolute Gasteiger partial charge is 0.465 e. The van der Waals surface area contributed by atoms with Gasteiger partial charge in [-0.3, -0.25) is 14.4 Å². The second-order valence-electron chi connectivity index (χ2n) is 21.2. The van der Waals surface area contributed by atoms with Crippen LogP contribution < -0.4 is 0 Å². The summed E-state index contributed by atoms with van der Waals surface area (Å²) in [4.78, 5) is 56.3. The van der Waals surface area contributed by atoms with E-state index in [9.17, 15) is 19.2 Å². The molecule has 0 saturated heterocycles. The predicted molar refractivity (Wildman–Crippen MR) is 370 cm³/mol. The molecule has 0 saturated carbocycles. The Morgan fingerprint density at radius 2 is 0.588 bits per heavy atom. The fourth-order valence-electron chi connectivity index (χ4n) is 8.93. The van der Waals surface area contributed by atoms with E-state index in [4.69, 9.17) is 14.2 Å². The van der Waals surface area contributed by atoms with Crippen LogP contribution in [0.5, 0.6) is 0 Å². The van der Waals surface area contributed by atoms with Crippen molar-refractivity contribution in [3.05, 3.63) is 0 Å². The molecule has 0 radical (unpaired) electrons. The Kier molecular flexibility index (Phi) is 70.2. The van der Waals surface area contributed by atoms with Gasteiger partial charge in [-0.05, 0) is 94.8 Å². The molecule has 0 aliphatic heterocycles. The first-order valence-electron chi connectivity index (χ1n) is 32.1. The lowest BCUT2D eigenvalue weighted by molar-refractivity contribution is -0.144. The van der Waals surface area contributed by atoms with E-state index in [1.807, 2.05) is 61.9 Å². The van der Waals surface area contributed by atoms with Gasteiger partial charge in [-0.2, -0.15) is 0 Å². The Morgan fingerprint density at radius 1 is 0.325 bits per heavy atom. The van der Waals surface area contributed by atoms with E-state index in [0.717, 1.165) is 62.6 Å². The average Bonchev–Trinajstić information content (AvgIpc) is 3.45. The Hall–Kier alpha value is 1.11. The highest BCUT2D eigenvalue weighted by molar-refractivity contribution is 9.10. The number of aldehydes is 1. The summed E-state index contributed by atoms with van der Waals surface area (Å²) in [5, 5.41) is 0. The van der Waals surface area contributed by atoms with E-state index < -0.39 is 0 Å². The third kappa shape index (κ3) is 65.1. The minimum absolute atomic E-state index is 0.178. The second-order valence-corrected chi connectivity index (χ2v) is 34.7. The third-order valence-corrected chi connectivity index (χ3v) is 26.7. The van der Waals surface area contributed by atoms with Gasteiger partial charge < -0.3 is 33.7 Å². The lowest BCUT2D eigenvalue weighted by Gasteiger charge is -2.25. The first-order valence-corrected chi connectivity index (χ1v) is 43.6. The van der Waals surface area contributed by atoms with Crippen LogP contribution in [0.15, 0.2) is 0 Å². The Labute approximate surface area is 527 Å². The number of hydrogen-bond acceptors (Lipinski definition) is 19. The topological polar surface area (TPSA) is 106 Å². The van der Waals surface area contributed by atoms with Gasteiger partial charge in [0.05, 0.1) is 19.3 Å². The zero-order valence-corrected chi connectivity index (χ0v) is 58.8. The van der Waals surface area contributed by atoms with E-state index in [1.165, 1.54) is 210 Å². The van der Waals surface area contributed by atoms with Gasteiger partial charge in [0.25, 0.3) is 0 Å². The normalized spacial score (nSPS) is 11.6. The van der Waals surface area contributed by atoms with Gasteiger partial charge in [-0.25, -0.2) is 0 Å². The number of carbonyl (C=O) groups is 4. The van der Waals surface area contributed by atoms with Gasteiger partial charge in [0.15, 0.2) is 0 Å². The highest BCUT2D eigenvalue weighted by Crippen LogP contribution is 2.36. The molecule has 0 rings (SSSR count). The van der Waals surface area contributed by atoms with Gasteiger partial charge >= 0.3 is 17.9 Å². The van der Waals surface area contributed by atoms with Crippen molar-refractivity contribution in [2.75, 3.05) is 114 Å². The van der Waals surface area contributed by atoms with Crippen LogP contribution in [0.4, 0.5) is 0 Å². The molecule has 0 aliphatic carbocycles. The van der Waals surface area contributed by atoms with Crippen molar-refractivity contribution in [3.8, 4) is 0 Å². The number of ether oxygens (including phenoxy) is 3. The van der Waals surface area contributed by atoms with Crippen LogP contribution in [0.2, 0.25) is 0 Å². The van der Waals surface area contributed by atoms with E-state index in [1.54, 1.807) is 32.4 Å². The molecule has 0 unspecified atom stereocenters. The van der Waals surface area contributed by atoms with E-state index in [-0.39, 0.29) is 17.9 Å². The molecule has 0 amide bonds. The van der Waals surface area contributed by atoms with Gasteiger partial charge in [0, 0.05) is 67.1 Å². The van der Waals surface area contributed by atoms with Crippen molar-refractivity contribution in [2.45, 2.75) is 252 Å². The van der Waals surface area contributed by atoms with Gasteiger partial charge in [0.2, 0.25) is 0 Å². The molecule has 80 heavy (non-hydrogen) atoms. The molecule has 0 aromatic rings. The highest BCUT2D eigenvalue weighted by atomic mass is 33.5. The number of rotatable bonds is 68. The second kappa shape index (κ2) is 69.2. The quantitative estimate of drug-likeness (QED) is 0.0189. The van der Waals surface area contributed by atoms with Crippen LogP contribution in [0, 0.1) is 0 Å². The first-order chi connectivity index (χ1) is 39.4. The van der Waals surface area contributed by atoms with Crippen molar-refractivity contribution in [2.24, 2.45) is 0 Å². The molecule has 0 fully saturated rings. The number of nitrogens with zero attached hydrogens (tertiary/aromatic N) is 3. The van der Waals surface area contributed by atoms with E-state index >= 15 is 0 Å². The van der Waals surface area contributed by atoms with Crippen LogP contribution in [-0.4, -0.2) is 153 Å². The highest BCUT2D eigenvalue weighted by Gasteiger charge is 2.15. The minimum atomic E-state index is -0.191. The molecule has 0 bridgehead atoms. The molecule has 0 aromatic carbocycles. The monoisotopic (exact) mass is 1290 g/mol. The van der Waals surface area contributed by atoms with E-state index in [0.29, 0.717) is 71.7 Å². The summed E-state index contributed by atoms with van der Waals surface area (Å²) in [7, 11) is 18.6. The number of carbonyl (C=O) groups excluding carboxylic acids is 4. The number of unbranched alkanes of at least 4 members (excludes halogenated alkanes) is 27. The lowest BCUT2D eigenvalue weighted by atomic mass is 10.1. The van der Waals surface area contributed by atoms with Crippen LogP contribution >= 0.6 is 94.2 Å². The molecule has 0 aromatic heterocycles. The maximum Gasteiger partial charge on any atom is 0.307 e. The molecule has 0 atom stereocenters. The summed E-state index contributed by atoms with van der Waals surface area (Å²) in [6.45, 7) is 13.7. The standard InChI is InChI=1S/C61H119N3O7S9/c1-5-8-11-14-17-20-23-26-29-32-53-72-78-75-56-50-69-59(66)38-46-63(45-37-49-65)43-35-41-62(4)42-36-44-64(47-39-60(67)70-51-57-76-79-73-54-33-30-27-24-21-18-15-12-9-6-2)48-40-61(68)71-52-58-77-80-74-55-34-31-28-25-22-19-16-13-10-7-3/h49H,5-48,50-58H2,1-4H3. The smallest absolute Gasteiger partial charge is 0.307 e. The Morgan fingerprint density at radius 3 is 0.875 bits per heavy atom. The van der Waals surface area contributed by atoms with E-state index in [2.05, 4.69) is 42.5 Å². The maximum atomic E-state index is 12.8. The molecule has 19 heteroatoms. The Balaban J connectivity index is 4.57. The van der Waals surface area contributed by atoms with Gasteiger partial charge in [0.1, 0.15) is 26.1 Å². The molecular formula is C61H119N3O7S9. The van der Waals surface area contributed by atoms with Crippen molar-refractivity contribution in [1.82, 2.24) is 14.7 Å². The summed E-state index contributed by atoms with van der Waals surface area (Å²) in [6.07, 6.45) is 44.9. The lowest BCUT2D eigenvalue weighted by Crippen LogP contribution is -2.34. The van der Waals surface area contributed by atoms with Crippen molar-refractivity contribution in [1.29, 1.82) is 0 Å². The number of hydrogen-bond donors (Lipinski definition) is 0. The molecule has 474 valence electrons. The van der Waals surface area contributed by atoms with Crippen molar-refractivity contribution in [3.63, 3.8) is 0 Å². The fourth-order valence-corrected chi connectivity index (χ4v) is 20.0. The molecule has 10 nitrogen and oxygen atoms in total. The van der Waals surface area contributed by atoms with Crippen molar-refractivity contribution < 1.29 is 33.4 Å². The molecule has 0 spiro atoms. The zero-order chi connectivity index (χ0) is 58.1. The Bertz CT molecular complexity index is 1270. The summed E-state index contributed by atoms with van der Waals surface area (Å²) in [5.41, 5.74) is 0. The molecule has 0 heterocycles. The van der Waals surface area contributed by atoms with Crippen LogP contribution in [0.25, 0.3) is 0 Å². The number of esters is 3. The SMILES string of the molecule is CCCCCCCCCCCCSSSCCOC(=O)CCN(CCC=O)CCCN(C)CCCN(CCC(=O)OCCSSSCCCCCCCCCCCC)CCC(=O)OCCSSSCCCCCCCCCCCC. The molecule has 0 aliphatic rings. The summed E-state index contributed by atoms with van der Waals surface area (Å²) in [5.74, 6) is 5.29. The minimum Gasteiger partial charge on any atom is -0.465 e. The zero-order valence-electron chi connectivity index (χ0n) is 51.4. The first kappa shape index (κ1) is 81.1. The van der Waals surface area contributed by atoms with Crippen LogP contribution in [0.3, 0.4) is 0 Å². The summed E-state index contributed by atoms with van der Waals surface area (Å²) >= 11 is 0. The average molecular weight is 1300 g/mol. The van der Waals surface area contributed by atoms with Crippen LogP contribution in [-0.2, 0) is 33.4 Å². The third-order valence-electron chi connectivity index (χ3n) is 13.8. The summed E-state index contributed by atoms with van der Waals surface area (Å²) in [6, 6.07) is 0.